The molecule has 0 amide bonds. The number of aromatic amines is 1. The summed E-state index contributed by atoms with van der Waals surface area (Å²) in [6.07, 6.45) is 5.22. The van der Waals surface area contributed by atoms with E-state index in [9.17, 15) is 0 Å². The number of aromatic nitrogens is 4. The number of hydrogen-bond acceptors (Lipinski definition) is 4. The molecule has 0 aliphatic heterocycles. The fourth-order valence-corrected chi connectivity index (χ4v) is 3.86. The van der Waals surface area contributed by atoms with Gasteiger partial charge in [0.2, 0.25) is 0 Å². The molecule has 1 fully saturated rings. The molecule has 0 atom stereocenters. The molecule has 0 radical (unpaired) electrons. The zero-order valence-electron chi connectivity index (χ0n) is 14.6. The highest BCUT2D eigenvalue weighted by Gasteiger charge is 2.26. The van der Waals surface area contributed by atoms with Crippen LogP contribution in [0.3, 0.4) is 0 Å². The van der Waals surface area contributed by atoms with Crippen LogP contribution in [0.1, 0.15) is 30.9 Å². The average Bonchev–Trinajstić information content (AvgIpc) is 3.11. The summed E-state index contributed by atoms with van der Waals surface area (Å²) in [5, 5.41) is 8.58. The molecule has 2 aromatic heterocycles. The quantitative estimate of drug-likeness (QED) is 0.516. The van der Waals surface area contributed by atoms with Crippen LogP contribution in [0.15, 0.2) is 48.7 Å². The molecule has 0 unspecified atom stereocenters. The second-order valence-electron chi connectivity index (χ2n) is 6.98. The van der Waals surface area contributed by atoms with Crippen molar-refractivity contribution in [2.45, 2.75) is 25.2 Å². The van der Waals surface area contributed by atoms with Gasteiger partial charge in [0, 0.05) is 22.4 Å². The summed E-state index contributed by atoms with van der Waals surface area (Å²) in [5.41, 5.74) is 11.5. The Morgan fingerprint density at radius 2 is 1.78 bits per heavy atom. The molecule has 5 rings (SSSR count). The zero-order chi connectivity index (χ0) is 18.4. The van der Waals surface area contributed by atoms with Crippen molar-refractivity contribution in [3.8, 4) is 22.5 Å². The predicted molar refractivity (Wildman–Crippen MR) is 109 cm³/mol. The van der Waals surface area contributed by atoms with Gasteiger partial charge in [-0.2, -0.15) is 5.10 Å². The maximum atomic E-state index is 6.48. The van der Waals surface area contributed by atoms with Crippen LogP contribution in [0.25, 0.3) is 33.4 Å². The molecule has 6 heteroatoms. The van der Waals surface area contributed by atoms with Crippen molar-refractivity contribution in [3.05, 3.63) is 59.4 Å². The minimum atomic E-state index is 0.397. The van der Waals surface area contributed by atoms with Crippen LogP contribution < -0.4 is 5.73 Å². The summed E-state index contributed by atoms with van der Waals surface area (Å²) in [5.74, 6) is 0.923. The second-order valence-corrected chi connectivity index (χ2v) is 7.38. The minimum absolute atomic E-state index is 0.397. The molecule has 134 valence electrons. The Balaban J connectivity index is 1.76. The number of rotatable bonds is 3. The van der Waals surface area contributed by atoms with E-state index in [2.05, 4.69) is 10.2 Å². The van der Waals surface area contributed by atoms with Gasteiger partial charge in [0.1, 0.15) is 5.82 Å². The monoisotopic (exact) mass is 375 g/mol. The van der Waals surface area contributed by atoms with Gasteiger partial charge in [-0.3, -0.25) is 5.10 Å². The van der Waals surface area contributed by atoms with Crippen LogP contribution in [0.2, 0.25) is 5.02 Å². The number of nitrogen functional groups attached to an aromatic ring is 1. The normalized spacial score (nSPS) is 14.4. The molecular weight excluding hydrogens is 358 g/mol. The number of halogens is 1. The van der Waals surface area contributed by atoms with Crippen molar-refractivity contribution in [1.82, 2.24) is 20.2 Å². The Morgan fingerprint density at radius 3 is 2.52 bits per heavy atom. The van der Waals surface area contributed by atoms with Gasteiger partial charge in [0.15, 0.2) is 0 Å². The maximum Gasteiger partial charge on any atom is 0.146 e. The van der Waals surface area contributed by atoms with Crippen molar-refractivity contribution in [1.29, 1.82) is 0 Å². The van der Waals surface area contributed by atoms with Crippen molar-refractivity contribution < 1.29 is 0 Å². The lowest BCUT2D eigenvalue weighted by atomic mass is 9.82. The number of hydrogen-bond donors (Lipinski definition) is 2. The molecule has 5 nitrogen and oxygen atoms in total. The van der Waals surface area contributed by atoms with E-state index in [1.54, 1.807) is 6.20 Å². The van der Waals surface area contributed by atoms with E-state index < -0.39 is 0 Å². The van der Waals surface area contributed by atoms with Crippen molar-refractivity contribution in [3.63, 3.8) is 0 Å². The maximum absolute atomic E-state index is 6.48. The van der Waals surface area contributed by atoms with Gasteiger partial charge >= 0.3 is 0 Å². The third-order valence-electron chi connectivity index (χ3n) is 5.26. The van der Waals surface area contributed by atoms with E-state index in [0.29, 0.717) is 16.8 Å². The Morgan fingerprint density at radius 1 is 1.00 bits per heavy atom. The number of H-pyrrole nitrogens is 1. The molecule has 3 N–H and O–H groups in total. The fraction of sp³-hybridized carbons (Fsp3) is 0.190. The van der Waals surface area contributed by atoms with E-state index in [4.69, 9.17) is 27.3 Å². The number of benzene rings is 2. The first-order chi connectivity index (χ1) is 13.2. The summed E-state index contributed by atoms with van der Waals surface area (Å²) >= 11 is 6.48. The van der Waals surface area contributed by atoms with Crippen LogP contribution in [0.5, 0.6) is 0 Å². The molecule has 1 aliphatic rings. The van der Waals surface area contributed by atoms with Gasteiger partial charge in [0.25, 0.3) is 0 Å². The molecular formula is C21H18ClN5. The number of anilines is 1. The van der Waals surface area contributed by atoms with Crippen molar-refractivity contribution in [2.75, 3.05) is 5.73 Å². The SMILES string of the molecule is Nc1nc(-c2ccccc2)c(-c2cc(Cl)c3[nH]ncc3c2)nc1C1CCC1. The molecule has 27 heavy (non-hydrogen) atoms. The minimum Gasteiger partial charge on any atom is -0.382 e. The first kappa shape index (κ1) is 16.3. The van der Waals surface area contributed by atoms with Gasteiger partial charge in [-0.05, 0) is 25.0 Å². The topological polar surface area (TPSA) is 80.5 Å². The smallest absolute Gasteiger partial charge is 0.146 e. The van der Waals surface area contributed by atoms with E-state index in [1.807, 2.05) is 42.5 Å². The van der Waals surface area contributed by atoms with E-state index in [-0.39, 0.29) is 0 Å². The Kier molecular flexibility index (Phi) is 3.83. The third-order valence-corrected chi connectivity index (χ3v) is 5.56. The van der Waals surface area contributed by atoms with Crippen LogP contribution in [0.4, 0.5) is 5.82 Å². The molecule has 1 aliphatic carbocycles. The molecule has 0 bridgehead atoms. The van der Waals surface area contributed by atoms with Crippen LogP contribution in [-0.4, -0.2) is 20.2 Å². The number of nitrogens with one attached hydrogen (secondary N) is 1. The Bertz CT molecular complexity index is 1130. The zero-order valence-corrected chi connectivity index (χ0v) is 15.4. The van der Waals surface area contributed by atoms with Gasteiger partial charge < -0.3 is 5.73 Å². The van der Waals surface area contributed by atoms with Crippen LogP contribution in [0, 0.1) is 0 Å². The summed E-state index contributed by atoms with van der Waals surface area (Å²) in [4.78, 5) is 9.77. The molecule has 4 aromatic rings. The molecule has 0 spiro atoms. The largest absolute Gasteiger partial charge is 0.382 e. The average molecular weight is 376 g/mol. The van der Waals surface area contributed by atoms with E-state index in [0.717, 1.165) is 52.0 Å². The highest BCUT2D eigenvalue weighted by molar-refractivity contribution is 6.35. The van der Waals surface area contributed by atoms with Crippen LogP contribution >= 0.6 is 11.6 Å². The van der Waals surface area contributed by atoms with Gasteiger partial charge in [0.05, 0.1) is 33.8 Å². The lowest BCUT2D eigenvalue weighted by molar-refractivity contribution is 0.412. The number of nitrogens with zero attached hydrogens (tertiary/aromatic N) is 3. The molecule has 1 saturated carbocycles. The first-order valence-electron chi connectivity index (χ1n) is 9.06. The number of nitrogens with two attached hydrogens (primary N) is 1. The van der Waals surface area contributed by atoms with Crippen molar-refractivity contribution >= 4 is 28.3 Å². The highest BCUT2D eigenvalue weighted by atomic mass is 35.5. The lowest BCUT2D eigenvalue weighted by Crippen LogP contribution is -2.15. The highest BCUT2D eigenvalue weighted by Crippen LogP contribution is 2.41. The van der Waals surface area contributed by atoms with Gasteiger partial charge in [-0.25, -0.2) is 9.97 Å². The second kappa shape index (κ2) is 6.35. The predicted octanol–water partition coefficient (Wildman–Crippen LogP) is 5.19. The summed E-state index contributed by atoms with van der Waals surface area (Å²) in [6, 6.07) is 14.0. The molecule has 2 aromatic carbocycles. The third kappa shape index (κ3) is 2.75. The van der Waals surface area contributed by atoms with E-state index >= 15 is 0 Å². The Hall–Kier alpha value is -2.92. The fourth-order valence-electron chi connectivity index (χ4n) is 3.59. The van der Waals surface area contributed by atoms with E-state index in [1.165, 1.54) is 6.42 Å². The number of fused-ring (bicyclic) bond motifs is 1. The Labute approximate surface area is 161 Å². The van der Waals surface area contributed by atoms with Gasteiger partial charge in [-0.15, -0.1) is 0 Å². The lowest BCUT2D eigenvalue weighted by Gasteiger charge is -2.26. The molecule has 2 heterocycles. The van der Waals surface area contributed by atoms with Gasteiger partial charge in [-0.1, -0.05) is 48.4 Å². The summed E-state index contributed by atoms with van der Waals surface area (Å²) in [6.45, 7) is 0. The van der Waals surface area contributed by atoms with Crippen molar-refractivity contribution in [2.24, 2.45) is 0 Å². The standard InChI is InChI=1S/C21H18ClN5/c22-16-10-14(9-15-11-24-27-17(15)16)19-18(12-5-2-1-3-6-12)26-21(23)20(25-19)13-7-4-8-13/h1-3,5-6,9-11,13H,4,7-8H2,(H2,23,26)(H,24,27). The summed E-state index contributed by atoms with van der Waals surface area (Å²) in [7, 11) is 0. The summed E-state index contributed by atoms with van der Waals surface area (Å²) < 4.78 is 0. The van der Waals surface area contributed by atoms with Crippen LogP contribution in [-0.2, 0) is 0 Å². The first-order valence-corrected chi connectivity index (χ1v) is 9.44. The molecule has 0 saturated heterocycles.